The summed E-state index contributed by atoms with van der Waals surface area (Å²) in [6.45, 7) is 0. The van der Waals surface area contributed by atoms with Crippen LogP contribution in [-0.2, 0) is 0 Å². The number of carboxylic acids is 1. The number of halogens is 1. The molecule has 96 valence electrons. The summed E-state index contributed by atoms with van der Waals surface area (Å²) in [6, 6.07) is 12.1. The van der Waals surface area contributed by atoms with Crippen molar-refractivity contribution in [2.24, 2.45) is 5.10 Å². The van der Waals surface area contributed by atoms with Crippen molar-refractivity contribution in [3.05, 3.63) is 65.5 Å². The number of hydrazone groups is 1. The summed E-state index contributed by atoms with van der Waals surface area (Å²) in [5, 5.41) is 12.7. The van der Waals surface area contributed by atoms with Crippen molar-refractivity contribution in [2.75, 3.05) is 5.43 Å². The van der Waals surface area contributed by atoms with Crippen molar-refractivity contribution >= 4 is 17.9 Å². The third-order valence-corrected chi connectivity index (χ3v) is 2.41. The minimum atomic E-state index is -0.971. The van der Waals surface area contributed by atoms with Gasteiger partial charge in [-0.25, -0.2) is 9.18 Å². The number of hydrogen-bond donors (Lipinski definition) is 2. The maximum Gasteiger partial charge on any atom is 0.335 e. The van der Waals surface area contributed by atoms with E-state index in [4.69, 9.17) is 5.11 Å². The Hall–Kier alpha value is -2.69. The average molecular weight is 258 g/mol. The summed E-state index contributed by atoms with van der Waals surface area (Å²) >= 11 is 0. The van der Waals surface area contributed by atoms with E-state index in [1.54, 1.807) is 30.5 Å². The topological polar surface area (TPSA) is 61.7 Å². The van der Waals surface area contributed by atoms with Crippen molar-refractivity contribution in [2.45, 2.75) is 0 Å². The molecule has 0 fully saturated rings. The first kappa shape index (κ1) is 12.8. The Morgan fingerprint density at radius 3 is 2.32 bits per heavy atom. The van der Waals surface area contributed by atoms with Gasteiger partial charge in [0, 0.05) is 0 Å². The fourth-order valence-electron chi connectivity index (χ4n) is 1.42. The van der Waals surface area contributed by atoms with E-state index >= 15 is 0 Å². The molecule has 5 heteroatoms. The summed E-state index contributed by atoms with van der Waals surface area (Å²) in [5.74, 6) is -1.27. The lowest BCUT2D eigenvalue weighted by molar-refractivity contribution is 0.0697. The van der Waals surface area contributed by atoms with E-state index in [2.05, 4.69) is 10.5 Å². The first-order valence-corrected chi connectivity index (χ1v) is 5.53. The minimum absolute atomic E-state index is 0.216. The Bertz CT molecular complexity index is 592. The number of aromatic carboxylic acids is 1. The highest BCUT2D eigenvalue weighted by Gasteiger charge is 2.00. The number of benzene rings is 2. The Morgan fingerprint density at radius 1 is 1.11 bits per heavy atom. The molecule has 0 amide bonds. The van der Waals surface area contributed by atoms with Gasteiger partial charge in [0.15, 0.2) is 0 Å². The lowest BCUT2D eigenvalue weighted by Gasteiger charge is -2.00. The minimum Gasteiger partial charge on any atom is -0.478 e. The van der Waals surface area contributed by atoms with E-state index in [0.717, 1.165) is 5.56 Å². The quantitative estimate of drug-likeness (QED) is 0.654. The lowest BCUT2D eigenvalue weighted by Crippen LogP contribution is -1.96. The van der Waals surface area contributed by atoms with Crippen LogP contribution in [0.5, 0.6) is 0 Å². The molecule has 0 heterocycles. The van der Waals surface area contributed by atoms with Crippen molar-refractivity contribution in [1.29, 1.82) is 0 Å². The van der Waals surface area contributed by atoms with Gasteiger partial charge in [-0.05, 0) is 42.0 Å². The van der Waals surface area contributed by atoms with Crippen LogP contribution in [0.3, 0.4) is 0 Å². The molecule has 4 nitrogen and oxygen atoms in total. The number of rotatable bonds is 4. The highest BCUT2D eigenvalue weighted by Crippen LogP contribution is 2.09. The number of nitrogens with one attached hydrogen (secondary N) is 1. The van der Waals surface area contributed by atoms with Crippen molar-refractivity contribution in [3.63, 3.8) is 0 Å². The van der Waals surface area contributed by atoms with Gasteiger partial charge in [0.1, 0.15) is 5.82 Å². The van der Waals surface area contributed by atoms with E-state index in [1.807, 2.05) is 0 Å². The molecule has 0 aliphatic rings. The van der Waals surface area contributed by atoms with Gasteiger partial charge in [0.2, 0.25) is 0 Å². The van der Waals surface area contributed by atoms with E-state index < -0.39 is 5.97 Å². The van der Waals surface area contributed by atoms with Crippen LogP contribution >= 0.6 is 0 Å². The molecule has 0 spiro atoms. The zero-order valence-corrected chi connectivity index (χ0v) is 9.88. The molecule has 0 bridgehead atoms. The van der Waals surface area contributed by atoms with Gasteiger partial charge in [-0.3, -0.25) is 5.43 Å². The molecule has 0 saturated heterocycles. The maximum atomic E-state index is 12.7. The molecule has 0 aliphatic carbocycles. The van der Waals surface area contributed by atoms with Crippen LogP contribution in [0.1, 0.15) is 15.9 Å². The zero-order valence-electron chi connectivity index (χ0n) is 9.88. The van der Waals surface area contributed by atoms with Gasteiger partial charge >= 0.3 is 5.97 Å². The number of anilines is 1. The number of nitrogens with zero attached hydrogens (tertiary/aromatic N) is 1. The largest absolute Gasteiger partial charge is 0.478 e. The van der Waals surface area contributed by atoms with Gasteiger partial charge in [-0.15, -0.1) is 0 Å². The highest BCUT2D eigenvalue weighted by molar-refractivity contribution is 5.88. The molecule has 0 unspecified atom stereocenters. The summed E-state index contributed by atoms with van der Waals surface area (Å²) in [4.78, 5) is 10.7. The highest BCUT2D eigenvalue weighted by atomic mass is 19.1. The normalized spacial score (nSPS) is 10.6. The summed E-state index contributed by atoms with van der Waals surface area (Å²) in [7, 11) is 0. The molecule has 2 N–H and O–H groups in total. The Morgan fingerprint density at radius 2 is 1.74 bits per heavy atom. The van der Waals surface area contributed by atoms with Gasteiger partial charge in [0.05, 0.1) is 17.5 Å². The molecular formula is C14H11FN2O2. The van der Waals surface area contributed by atoms with Crippen LogP contribution in [0, 0.1) is 5.82 Å². The lowest BCUT2D eigenvalue weighted by atomic mass is 10.2. The monoisotopic (exact) mass is 258 g/mol. The predicted octanol–water partition coefficient (Wildman–Crippen LogP) is 2.97. The van der Waals surface area contributed by atoms with Gasteiger partial charge in [-0.1, -0.05) is 12.1 Å². The van der Waals surface area contributed by atoms with Crippen LogP contribution in [0.2, 0.25) is 0 Å². The molecule has 0 saturated carbocycles. The molecule has 19 heavy (non-hydrogen) atoms. The van der Waals surface area contributed by atoms with Crippen molar-refractivity contribution in [3.8, 4) is 0 Å². The number of carboxylic acid groups (broad SMARTS) is 1. The molecule has 0 aromatic heterocycles. The van der Waals surface area contributed by atoms with E-state index in [1.165, 1.54) is 24.3 Å². The fourth-order valence-corrected chi connectivity index (χ4v) is 1.42. The molecule has 2 aromatic rings. The molecule has 0 radical (unpaired) electrons. The average Bonchev–Trinajstić information content (AvgIpc) is 2.41. The summed E-state index contributed by atoms with van der Waals surface area (Å²) in [5.41, 5.74) is 4.40. The second kappa shape index (κ2) is 5.77. The van der Waals surface area contributed by atoms with Crippen LogP contribution in [0.4, 0.5) is 10.1 Å². The van der Waals surface area contributed by atoms with Crippen LogP contribution in [-0.4, -0.2) is 17.3 Å². The molecule has 0 atom stereocenters. The fraction of sp³-hybridized carbons (Fsp3) is 0. The zero-order chi connectivity index (χ0) is 13.7. The second-order valence-corrected chi connectivity index (χ2v) is 3.80. The second-order valence-electron chi connectivity index (χ2n) is 3.80. The SMILES string of the molecule is O=C(O)c1ccc(NN=Cc2ccc(F)cc2)cc1. The Labute approximate surface area is 109 Å². The molecule has 0 aliphatic heterocycles. The molecule has 2 aromatic carbocycles. The van der Waals surface area contributed by atoms with E-state index in [-0.39, 0.29) is 11.4 Å². The summed E-state index contributed by atoms with van der Waals surface area (Å²) < 4.78 is 12.7. The van der Waals surface area contributed by atoms with Crippen molar-refractivity contribution < 1.29 is 14.3 Å². The standard InChI is InChI=1S/C14H11FN2O2/c15-12-5-1-10(2-6-12)9-16-17-13-7-3-11(4-8-13)14(18)19/h1-9,17H,(H,18,19). The van der Waals surface area contributed by atoms with Gasteiger partial charge in [0.25, 0.3) is 0 Å². The third kappa shape index (κ3) is 3.64. The van der Waals surface area contributed by atoms with Crippen LogP contribution in [0.25, 0.3) is 0 Å². The number of carbonyl (C=O) groups is 1. The van der Waals surface area contributed by atoms with Gasteiger partial charge in [-0.2, -0.15) is 5.10 Å². The smallest absolute Gasteiger partial charge is 0.335 e. The van der Waals surface area contributed by atoms with Gasteiger partial charge < -0.3 is 5.11 Å². The predicted molar refractivity (Wildman–Crippen MR) is 71.0 cm³/mol. The molecular weight excluding hydrogens is 247 g/mol. The summed E-state index contributed by atoms with van der Waals surface area (Å²) in [6.07, 6.45) is 1.55. The van der Waals surface area contributed by atoms with Crippen molar-refractivity contribution in [1.82, 2.24) is 0 Å². The van der Waals surface area contributed by atoms with Crippen LogP contribution in [0.15, 0.2) is 53.6 Å². The number of hydrogen-bond acceptors (Lipinski definition) is 3. The van der Waals surface area contributed by atoms with E-state index in [0.29, 0.717) is 5.69 Å². The Kier molecular flexibility index (Phi) is 3.87. The van der Waals surface area contributed by atoms with Crippen LogP contribution < -0.4 is 5.43 Å². The first-order chi connectivity index (χ1) is 9.15. The Balaban J connectivity index is 1.98. The maximum absolute atomic E-state index is 12.7. The van der Waals surface area contributed by atoms with E-state index in [9.17, 15) is 9.18 Å². The molecule has 2 rings (SSSR count). The third-order valence-electron chi connectivity index (χ3n) is 2.41. The first-order valence-electron chi connectivity index (χ1n) is 5.53.